The van der Waals surface area contributed by atoms with Gasteiger partial charge < -0.3 is 10.4 Å². The Labute approximate surface area is 88.9 Å². The van der Waals surface area contributed by atoms with E-state index in [1.165, 1.54) is 0 Å². The number of nitrogens with zero attached hydrogens (tertiary/aromatic N) is 3. The Morgan fingerprint density at radius 2 is 2.36 bits per heavy atom. The number of fused-ring (bicyclic) bond motifs is 1. The fraction of sp³-hybridized carbons (Fsp3) is 0.250. The van der Waals surface area contributed by atoms with Crippen LogP contribution in [-0.2, 0) is 0 Å². The first-order chi connectivity index (χ1) is 6.66. The molecule has 2 heterocycles. The van der Waals surface area contributed by atoms with Crippen molar-refractivity contribution in [2.24, 2.45) is 0 Å². The number of hydrogen-bond acceptors (Lipinski definition) is 4. The van der Waals surface area contributed by atoms with E-state index in [1.807, 2.05) is 18.2 Å². The van der Waals surface area contributed by atoms with Crippen LogP contribution < -0.4 is 5.32 Å². The summed E-state index contributed by atoms with van der Waals surface area (Å²) in [4.78, 5) is 4.16. The first kappa shape index (κ1) is 9.42. The normalized spacial score (nSPS) is 13.1. The number of rotatable bonds is 2. The number of pyridine rings is 1. The third-order valence-electron chi connectivity index (χ3n) is 1.65. The van der Waals surface area contributed by atoms with E-state index in [4.69, 9.17) is 5.11 Å². The fourth-order valence-corrected chi connectivity index (χ4v) is 1.53. The molecule has 0 aliphatic carbocycles. The summed E-state index contributed by atoms with van der Waals surface area (Å²) in [7, 11) is 0. The Hall–Kier alpha value is -1.14. The van der Waals surface area contributed by atoms with E-state index in [1.54, 1.807) is 11.4 Å². The van der Waals surface area contributed by atoms with Crippen LogP contribution in [0.3, 0.4) is 0 Å². The molecule has 2 N–H and O–H groups in total. The van der Waals surface area contributed by atoms with Crippen molar-refractivity contribution in [1.29, 1.82) is 0 Å². The van der Waals surface area contributed by atoms with Crippen LogP contribution in [-0.4, -0.2) is 25.9 Å². The van der Waals surface area contributed by atoms with E-state index in [0.29, 0.717) is 5.95 Å². The van der Waals surface area contributed by atoms with Gasteiger partial charge in [0.25, 0.3) is 0 Å². The van der Waals surface area contributed by atoms with Gasteiger partial charge in [-0.2, -0.15) is 4.98 Å². The van der Waals surface area contributed by atoms with E-state index < -0.39 is 6.23 Å². The number of aliphatic hydroxyl groups is 1. The molecule has 74 valence electrons. The second-order valence-electron chi connectivity index (χ2n) is 2.87. The Balaban J connectivity index is 2.46. The minimum atomic E-state index is -0.661. The van der Waals surface area contributed by atoms with Crippen molar-refractivity contribution < 1.29 is 5.11 Å². The van der Waals surface area contributed by atoms with Crippen molar-refractivity contribution in [3.05, 3.63) is 22.8 Å². The van der Waals surface area contributed by atoms with Gasteiger partial charge in [0, 0.05) is 0 Å². The van der Waals surface area contributed by atoms with Crippen LogP contribution in [0.2, 0.25) is 0 Å². The van der Waals surface area contributed by atoms with E-state index in [-0.39, 0.29) is 0 Å². The predicted molar refractivity (Wildman–Crippen MR) is 56.0 cm³/mol. The molecule has 14 heavy (non-hydrogen) atoms. The maximum atomic E-state index is 9.09. The highest BCUT2D eigenvalue weighted by atomic mass is 79.9. The summed E-state index contributed by atoms with van der Waals surface area (Å²) in [5, 5.41) is 15.9. The van der Waals surface area contributed by atoms with Crippen LogP contribution in [0.5, 0.6) is 0 Å². The van der Waals surface area contributed by atoms with Crippen LogP contribution in [0.15, 0.2) is 22.8 Å². The molecule has 6 heteroatoms. The number of aliphatic hydroxyl groups excluding tert-OH is 1. The molecule has 2 rings (SSSR count). The maximum absolute atomic E-state index is 9.09. The van der Waals surface area contributed by atoms with Crippen LogP contribution in [0, 0.1) is 0 Å². The average molecular weight is 257 g/mol. The molecule has 0 radical (unpaired) electrons. The average Bonchev–Trinajstić information content (AvgIpc) is 2.47. The summed E-state index contributed by atoms with van der Waals surface area (Å²) in [6.07, 6.45) is -0.661. The minimum Gasteiger partial charge on any atom is -0.374 e. The fourth-order valence-electron chi connectivity index (χ4n) is 1.12. The summed E-state index contributed by atoms with van der Waals surface area (Å²) in [5.74, 6) is 0.409. The molecule has 1 atom stereocenters. The zero-order valence-electron chi connectivity index (χ0n) is 7.48. The monoisotopic (exact) mass is 256 g/mol. The lowest BCUT2D eigenvalue weighted by Gasteiger charge is -2.01. The molecule has 0 aliphatic rings. The SMILES string of the molecule is CC(O)Nc1nc2cccc(Br)n2n1. The zero-order valence-corrected chi connectivity index (χ0v) is 9.06. The molecule has 2 aromatic heterocycles. The Morgan fingerprint density at radius 1 is 1.57 bits per heavy atom. The predicted octanol–water partition coefficient (Wildman–Crippen LogP) is 1.24. The largest absolute Gasteiger partial charge is 0.374 e. The van der Waals surface area contributed by atoms with E-state index in [0.717, 1.165) is 10.3 Å². The van der Waals surface area contributed by atoms with E-state index in [9.17, 15) is 0 Å². The molecule has 0 bridgehead atoms. The van der Waals surface area contributed by atoms with Crippen LogP contribution in [0.1, 0.15) is 6.92 Å². The summed E-state index contributed by atoms with van der Waals surface area (Å²) in [5.41, 5.74) is 0.725. The molecule has 0 saturated carbocycles. The topological polar surface area (TPSA) is 62.5 Å². The van der Waals surface area contributed by atoms with Gasteiger partial charge >= 0.3 is 0 Å². The van der Waals surface area contributed by atoms with Gasteiger partial charge in [-0.15, -0.1) is 5.10 Å². The summed E-state index contributed by atoms with van der Waals surface area (Å²) >= 11 is 3.35. The van der Waals surface area contributed by atoms with Crippen molar-refractivity contribution in [3.8, 4) is 0 Å². The molecular weight excluding hydrogens is 248 g/mol. The van der Waals surface area contributed by atoms with E-state index >= 15 is 0 Å². The van der Waals surface area contributed by atoms with Gasteiger partial charge in [-0.1, -0.05) is 6.07 Å². The van der Waals surface area contributed by atoms with Crippen molar-refractivity contribution in [3.63, 3.8) is 0 Å². The summed E-state index contributed by atoms with van der Waals surface area (Å²) in [6.45, 7) is 1.61. The first-order valence-corrected chi connectivity index (χ1v) is 4.92. The van der Waals surface area contributed by atoms with Gasteiger partial charge in [0.1, 0.15) is 10.8 Å². The molecule has 0 fully saturated rings. The lowest BCUT2D eigenvalue weighted by molar-refractivity contribution is 0.223. The smallest absolute Gasteiger partial charge is 0.245 e. The molecule has 5 nitrogen and oxygen atoms in total. The van der Waals surface area contributed by atoms with Crippen molar-refractivity contribution in [1.82, 2.24) is 14.6 Å². The van der Waals surface area contributed by atoms with Crippen LogP contribution in [0.25, 0.3) is 5.65 Å². The number of aromatic nitrogens is 3. The highest BCUT2D eigenvalue weighted by Crippen LogP contribution is 2.13. The Bertz CT molecular complexity index is 454. The molecule has 0 aliphatic heterocycles. The Kier molecular flexibility index (Phi) is 2.39. The van der Waals surface area contributed by atoms with Gasteiger partial charge in [0.15, 0.2) is 5.65 Å². The molecule has 0 amide bonds. The highest BCUT2D eigenvalue weighted by Gasteiger charge is 2.05. The van der Waals surface area contributed by atoms with E-state index in [2.05, 4.69) is 31.3 Å². The van der Waals surface area contributed by atoms with Crippen molar-refractivity contribution in [2.45, 2.75) is 13.2 Å². The maximum Gasteiger partial charge on any atom is 0.245 e. The van der Waals surface area contributed by atoms with Gasteiger partial charge in [-0.05, 0) is 35.0 Å². The minimum absolute atomic E-state index is 0.409. The second-order valence-corrected chi connectivity index (χ2v) is 3.69. The van der Waals surface area contributed by atoms with Crippen LogP contribution >= 0.6 is 15.9 Å². The summed E-state index contributed by atoms with van der Waals surface area (Å²) < 4.78 is 2.46. The molecule has 2 aromatic rings. The third kappa shape index (κ3) is 1.71. The Morgan fingerprint density at radius 3 is 3.00 bits per heavy atom. The van der Waals surface area contributed by atoms with Gasteiger partial charge in [-0.3, -0.25) is 0 Å². The quantitative estimate of drug-likeness (QED) is 0.627. The molecule has 0 aromatic carbocycles. The molecule has 1 unspecified atom stereocenters. The standard InChI is InChI=1S/C8H9BrN4O/c1-5(14)10-8-11-7-4-2-3-6(9)13(7)12-8/h2-5,14H,1H3,(H,10,12). The molecule has 0 spiro atoms. The number of nitrogens with one attached hydrogen (secondary N) is 1. The van der Waals surface area contributed by atoms with Gasteiger partial charge in [0.05, 0.1) is 0 Å². The second kappa shape index (κ2) is 3.55. The lowest BCUT2D eigenvalue weighted by Crippen LogP contribution is -2.14. The van der Waals surface area contributed by atoms with Gasteiger partial charge in [-0.25, -0.2) is 4.52 Å². The lowest BCUT2D eigenvalue weighted by atomic mass is 10.5. The first-order valence-electron chi connectivity index (χ1n) is 4.13. The molecule has 0 saturated heterocycles. The van der Waals surface area contributed by atoms with Crippen LogP contribution in [0.4, 0.5) is 5.95 Å². The third-order valence-corrected chi connectivity index (χ3v) is 2.25. The molecular formula is C8H9BrN4O. The van der Waals surface area contributed by atoms with Crippen molar-refractivity contribution in [2.75, 3.05) is 5.32 Å². The number of hydrogen-bond donors (Lipinski definition) is 2. The number of halogens is 1. The number of anilines is 1. The highest BCUT2D eigenvalue weighted by molar-refractivity contribution is 9.10. The van der Waals surface area contributed by atoms with Gasteiger partial charge in [0.2, 0.25) is 5.95 Å². The zero-order chi connectivity index (χ0) is 10.1. The van der Waals surface area contributed by atoms with Crippen molar-refractivity contribution >= 4 is 27.5 Å². The summed E-state index contributed by atoms with van der Waals surface area (Å²) in [6, 6.07) is 5.58.